The number of benzene rings is 1. The Labute approximate surface area is 146 Å². The Morgan fingerprint density at radius 2 is 1.57 bits per heavy atom. The molecular weight excluding hydrogens is 362 g/mol. The molecule has 0 aromatic heterocycles. The molecule has 0 unspecified atom stereocenters. The lowest BCUT2D eigenvalue weighted by Crippen LogP contribution is -2.42. The van der Waals surface area contributed by atoms with Crippen LogP contribution in [0.15, 0.2) is 28.7 Å². The SMILES string of the molecule is CN(CC(=O)N(C)C)CC(=O)N(C)CCOc1ccc(Br)cc1. The van der Waals surface area contributed by atoms with Crippen LogP contribution >= 0.6 is 15.9 Å². The van der Waals surface area contributed by atoms with Crippen LogP contribution in [0.4, 0.5) is 0 Å². The van der Waals surface area contributed by atoms with Gasteiger partial charge in [0, 0.05) is 25.6 Å². The van der Waals surface area contributed by atoms with Gasteiger partial charge in [0.2, 0.25) is 11.8 Å². The van der Waals surface area contributed by atoms with Crippen LogP contribution in [0.3, 0.4) is 0 Å². The lowest BCUT2D eigenvalue weighted by Gasteiger charge is -2.22. The van der Waals surface area contributed by atoms with Crippen LogP contribution in [0.25, 0.3) is 0 Å². The zero-order valence-electron chi connectivity index (χ0n) is 14.1. The number of amides is 2. The van der Waals surface area contributed by atoms with Crippen LogP contribution in [0, 0.1) is 0 Å². The zero-order valence-corrected chi connectivity index (χ0v) is 15.7. The molecule has 2 amide bonds. The van der Waals surface area contributed by atoms with Crippen LogP contribution in [-0.2, 0) is 9.59 Å². The molecular formula is C16H24BrN3O3. The Balaban J connectivity index is 2.30. The molecule has 0 aliphatic carbocycles. The average molecular weight is 386 g/mol. The summed E-state index contributed by atoms with van der Waals surface area (Å²) in [5.41, 5.74) is 0. The van der Waals surface area contributed by atoms with E-state index in [0.717, 1.165) is 10.2 Å². The number of hydrogen-bond acceptors (Lipinski definition) is 4. The van der Waals surface area contributed by atoms with Crippen molar-refractivity contribution in [3.63, 3.8) is 0 Å². The summed E-state index contributed by atoms with van der Waals surface area (Å²) in [6.07, 6.45) is 0. The van der Waals surface area contributed by atoms with E-state index in [4.69, 9.17) is 4.74 Å². The van der Waals surface area contributed by atoms with Crippen molar-refractivity contribution in [2.24, 2.45) is 0 Å². The molecule has 7 heteroatoms. The molecule has 0 saturated heterocycles. The predicted octanol–water partition coefficient (Wildman–Crippen LogP) is 1.31. The van der Waals surface area contributed by atoms with Gasteiger partial charge < -0.3 is 14.5 Å². The molecule has 0 fully saturated rings. The van der Waals surface area contributed by atoms with Gasteiger partial charge in [-0.1, -0.05) is 15.9 Å². The molecule has 128 valence electrons. The summed E-state index contributed by atoms with van der Waals surface area (Å²) >= 11 is 3.36. The smallest absolute Gasteiger partial charge is 0.236 e. The molecule has 0 heterocycles. The van der Waals surface area contributed by atoms with Gasteiger partial charge >= 0.3 is 0 Å². The number of likely N-dealkylation sites (N-methyl/N-ethyl adjacent to an activating group) is 3. The van der Waals surface area contributed by atoms with Gasteiger partial charge in [-0.25, -0.2) is 0 Å². The van der Waals surface area contributed by atoms with Crippen molar-refractivity contribution in [1.82, 2.24) is 14.7 Å². The van der Waals surface area contributed by atoms with Crippen molar-refractivity contribution in [2.75, 3.05) is 54.4 Å². The minimum absolute atomic E-state index is 0.0264. The van der Waals surface area contributed by atoms with E-state index in [1.807, 2.05) is 24.3 Å². The minimum atomic E-state index is -0.0431. The first-order valence-corrected chi connectivity index (χ1v) is 8.10. The molecule has 0 N–H and O–H groups in total. The molecule has 1 aromatic carbocycles. The number of hydrogen-bond donors (Lipinski definition) is 0. The van der Waals surface area contributed by atoms with E-state index in [-0.39, 0.29) is 24.9 Å². The highest BCUT2D eigenvalue weighted by atomic mass is 79.9. The third-order valence-electron chi connectivity index (χ3n) is 3.24. The van der Waals surface area contributed by atoms with Crippen molar-refractivity contribution < 1.29 is 14.3 Å². The molecule has 1 rings (SSSR count). The number of halogens is 1. The normalized spacial score (nSPS) is 10.5. The lowest BCUT2D eigenvalue weighted by atomic mass is 10.3. The summed E-state index contributed by atoms with van der Waals surface area (Å²) in [6, 6.07) is 7.54. The highest BCUT2D eigenvalue weighted by Crippen LogP contribution is 2.15. The topological polar surface area (TPSA) is 53.1 Å². The van der Waals surface area contributed by atoms with Gasteiger partial charge in [0.05, 0.1) is 19.6 Å². The van der Waals surface area contributed by atoms with Crippen LogP contribution in [0.5, 0.6) is 5.75 Å². The van der Waals surface area contributed by atoms with Gasteiger partial charge in [-0.15, -0.1) is 0 Å². The van der Waals surface area contributed by atoms with Crippen LogP contribution in [0.2, 0.25) is 0 Å². The first kappa shape index (κ1) is 19.4. The molecule has 0 aliphatic rings. The van der Waals surface area contributed by atoms with E-state index in [2.05, 4.69) is 15.9 Å². The van der Waals surface area contributed by atoms with Crippen molar-refractivity contribution in [3.8, 4) is 5.75 Å². The van der Waals surface area contributed by atoms with E-state index in [9.17, 15) is 9.59 Å². The molecule has 6 nitrogen and oxygen atoms in total. The van der Waals surface area contributed by atoms with Crippen molar-refractivity contribution in [2.45, 2.75) is 0 Å². The number of ether oxygens (including phenoxy) is 1. The largest absolute Gasteiger partial charge is 0.492 e. The van der Waals surface area contributed by atoms with E-state index in [0.29, 0.717) is 13.2 Å². The summed E-state index contributed by atoms with van der Waals surface area (Å²) < 4.78 is 6.59. The van der Waals surface area contributed by atoms with E-state index in [1.165, 1.54) is 4.90 Å². The molecule has 1 aromatic rings. The second-order valence-corrected chi connectivity index (χ2v) is 6.49. The van der Waals surface area contributed by atoms with Crippen molar-refractivity contribution >= 4 is 27.7 Å². The number of nitrogens with zero attached hydrogens (tertiary/aromatic N) is 3. The fourth-order valence-electron chi connectivity index (χ4n) is 1.74. The summed E-state index contributed by atoms with van der Waals surface area (Å²) in [7, 11) is 6.88. The Morgan fingerprint density at radius 1 is 1.00 bits per heavy atom. The molecule has 0 atom stereocenters. The maximum Gasteiger partial charge on any atom is 0.236 e. The quantitative estimate of drug-likeness (QED) is 0.676. The van der Waals surface area contributed by atoms with Gasteiger partial charge in [-0.2, -0.15) is 0 Å². The molecule has 0 radical (unpaired) electrons. The summed E-state index contributed by atoms with van der Waals surface area (Å²) in [5, 5.41) is 0. The molecule has 23 heavy (non-hydrogen) atoms. The second kappa shape index (κ2) is 9.52. The third-order valence-corrected chi connectivity index (χ3v) is 3.77. The molecule has 0 aliphatic heterocycles. The fourth-order valence-corrected chi connectivity index (χ4v) is 2.00. The Hall–Kier alpha value is -1.60. The van der Waals surface area contributed by atoms with Gasteiger partial charge in [0.1, 0.15) is 12.4 Å². The highest BCUT2D eigenvalue weighted by molar-refractivity contribution is 9.10. The monoisotopic (exact) mass is 385 g/mol. The Kier molecular flexibility index (Phi) is 8.05. The van der Waals surface area contributed by atoms with Crippen LogP contribution in [0.1, 0.15) is 0 Å². The zero-order chi connectivity index (χ0) is 17.4. The predicted molar refractivity (Wildman–Crippen MR) is 93.5 cm³/mol. The lowest BCUT2D eigenvalue weighted by molar-refractivity contribution is -0.133. The Morgan fingerprint density at radius 3 is 2.13 bits per heavy atom. The van der Waals surface area contributed by atoms with E-state index in [1.54, 1.807) is 38.0 Å². The Bertz CT molecular complexity index is 520. The highest BCUT2D eigenvalue weighted by Gasteiger charge is 2.14. The van der Waals surface area contributed by atoms with Crippen molar-refractivity contribution in [1.29, 1.82) is 0 Å². The van der Waals surface area contributed by atoms with Gasteiger partial charge in [-0.3, -0.25) is 14.5 Å². The average Bonchev–Trinajstić information content (AvgIpc) is 2.48. The summed E-state index contributed by atoms with van der Waals surface area (Å²) in [5.74, 6) is 0.697. The summed E-state index contributed by atoms with van der Waals surface area (Å²) in [6.45, 7) is 1.34. The minimum Gasteiger partial charge on any atom is -0.492 e. The molecule has 0 bridgehead atoms. The van der Waals surface area contributed by atoms with Gasteiger partial charge in [-0.05, 0) is 31.3 Å². The number of carbonyl (C=O) groups is 2. The van der Waals surface area contributed by atoms with Gasteiger partial charge in [0.25, 0.3) is 0 Å². The fraction of sp³-hybridized carbons (Fsp3) is 0.500. The molecule has 0 spiro atoms. The van der Waals surface area contributed by atoms with Crippen LogP contribution in [-0.4, -0.2) is 80.9 Å². The number of carbonyl (C=O) groups excluding carboxylic acids is 2. The summed E-state index contributed by atoms with van der Waals surface area (Å²) in [4.78, 5) is 28.5. The standard InChI is InChI=1S/C16H24BrN3O3/c1-18(2)15(21)11-19(3)12-16(22)20(4)9-10-23-14-7-5-13(17)6-8-14/h5-8H,9-12H2,1-4H3. The number of rotatable bonds is 8. The van der Waals surface area contributed by atoms with Crippen LogP contribution < -0.4 is 4.74 Å². The van der Waals surface area contributed by atoms with E-state index < -0.39 is 0 Å². The first-order chi connectivity index (χ1) is 10.8. The maximum absolute atomic E-state index is 12.1. The van der Waals surface area contributed by atoms with E-state index >= 15 is 0 Å². The third kappa shape index (κ3) is 7.47. The van der Waals surface area contributed by atoms with Crippen molar-refractivity contribution in [3.05, 3.63) is 28.7 Å². The molecule has 0 saturated carbocycles. The maximum atomic E-state index is 12.1. The van der Waals surface area contributed by atoms with Gasteiger partial charge in [0.15, 0.2) is 0 Å². The first-order valence-electron chi connectivity index (χ1n) is 7.30. The second-order valence-electron chi connectivity index (χ2n) is 5.58.